The van der Waals surface area contributed by atoms with Gasteiger partial charge in [-0.15, -0.1) is 0 Å². The lowest BCUT2D eigenvalue weighted by Gasteiger charge is -2.33. The van der Waals surface area contributed by atoms with Gasteiger partial charge in [0.25, 0.3) is 0 Å². The molecule has 2 aliphatic rings. The first-order valence-corrected chi connectivity index (χ1v) is 15.2. The molecule has 5 heterocycles. The fraction of sp³-hybridized carbons (Fsp3) is 0.300. The molecule has 0 atom stereocenters. The minimum Gasteiger partial charge on any atom is -0.339 e. The Balaban J connectivity index is 1.55. The average molecular weight is 555 g/mol. The Hall–Kier alpha value is -4.02. The number of benzene rings is 2. The Morgan fingerprint density at radius 3 is 2.45 bits per heavy atom. The summed E-state index contributed by atoms with van der Waals surface area (Å²) in [4.78, 5) is 24.3. The second-order valence-corrected chi connectivity index (χ2v) is 13.1. The summed E-state index contributed by atoms with van der Waals surface area (Å²) in [5, 5.41) is 9.80. The molecular weight excluding hydrogens is 524 g/mol. The molecule has 2 aromatic carbocycles. The summed E-state index contributed by atoms with van der Waals surface area (Å²) < 4.78 is 26.8. The van der Waals surface area contributed by atoms with Gasteiger partial charge in [-0.3, -0.25) is 9.48 Å². The van der Waals surface area contributed by atoms with E-state index >= 15 is 0 Å². The highest BCUT2D eigenvalue weighted by Gasteiger charge is 2.52. The van der Waals surface area contributed by atoms with Crippen LogP contribution in [-0.2, 0) is 27.1 Å². The molecule has 1 fully saturated rings. The number of aromatic amines is 1. The summed E-state index contributed by atoms with van der Waals surface area (Å²) in [7, 11) is 0.436. The number of nitrogens with zero attached hydrogens (tertiary/aromatic N) is 4. The van der Waals surface area contributed by atoms with Gasteiger partial charge in [0, 0.05) is 36.0 Å². The first-order chi connectivity index (χ1) is 19.2. The molecule has 0 bridgehead atoms. The van der Waals surface area contributed by atoms with Crippen molar-refractivity contribution in [3.8, 4) is 22.4 Å². The van der Waals surface area contributed by atoms with Gasteiger partial charge in [-0.1, -0.05) is 25.1 Å². The van der Waals surface area contributed by atoms with Gasteiger partial charge in [0.2, 0.25) is 5.91 Å². The number of aryl methyl sites for hydroxylation is 1. The number of carbonyl (C=O) groups excluding carboxylic acids is 1. The monoisotopic (exact) mass is 554 g/mol. The summed E-state index contributed by atoms with van der Waals surface area (Å²) >= 11 is 0. The number of hydrogen-bond acceptors (Lipinski definition) is 6. The van der Waals surface area contributed by atoms with E-state index in [0.29, 0.717) is 23.4 Å². The fourth-order valence-electron chi connectivity index (χ4n) is 6.56. The van der Waals surface area contributed by atoms with Crippen LogP contribution in [0.15, 0.2) is 59.8 Å². The predicted molar refractivity (Wildman–Crippen MR) is 156 cm³/mol. The van der Waals surface area contributed by atoms with Crippen LogP contribution in [0.5, 0.6) is 0 Å². The number of sulfone groups is 1. The van der Waals surface area contributed by atoms with Crippen LogP contribution in [0.3, 0.4) is 0 Å². The molecule has 2 aliphatic heterocycles. The molecule has 0 saturated carbocycles. The molecule has 10 heteroatoms. The smallest absolute Gasteiger partial charge is 0.237 e. The van der Waals surface area contributed by atoms with Crippen molar-refractivity contribution in [1.82, 2.24) is 25.1 Å². The van der Waals surface area contributed by atoms with Gasteiger partial charge in [0.05, 0.1) is 45.4 Å². The Morgan fingerprint density at radius 1 is 1.00 bits per heavy atom. The highest BCUT2D eigenvalue weighted by Crippen LogP contribution is 2.52. The molecule has 204 valence electrons. The van der Waals surface area contributed by atoms with Gasteiger partial charge in [-0.25, -0.2) is 13.4 Å². The first kappa shape index (κ1) is 25.0. The lowest BCUT2D eigenvalue weighted by atomic mass is 9.72. The molecule has 1 amide bonds. The van der Waals surface area contributed by atoms with Crippen molar-refractivity contribution in [1.29, 1.82) is 0 Å². The number of H-pyrrole nitrogens is 1. The molecular formula is C30H30N6O3S. The molecule has 0 unspecified atom stereocenters. The second kappa shape index (κ2) is 8.74. The maximum absolute atomic E-state index is 13.8. The highest BCUT2D eigenvalue weighted by atomic mass is 32.2. The van der Waals surface area contributed by atoms with E-state index in [2.05, 4.69) is 33.6 Å². The number of anilines is 1. The summed E-state index contributed by atoms with van der Waals surface area (Å²) in [6.07, 6.45) is 5.09. The number of rotatable bonds is 4. The number of hydrogen-bond donors (Lipinski definition) is 2. The second-order valence-electron chi connectivity index (χ2n) is 10.8. The van der Waals surface area contributed by atoms with Crippen molar-refractivity contribution in [2.45, 2.75) is 30.1 Å². The van der Waals surface area contributed by atoms with E-state index in [0.717, 1.165) is 63.0 Å². The van der Waals surface area contributed by atoms with Gasteiger partial charge >= 0.3 is 0 Å². The van der Waals surface area contributed by atoms with Crippen molar-refractivity contribution in [2.75, 3.05) is 30.8 Å². The number of nitrogens with one attached hydrogen (secondary N) is 2. The van der Waals surface area contributed by atoms with Crippen LogP contribution in [0, 0.1) is 0 Å². The maximum Gasteiger partial charge on any atom is 0.237 e. The molecule has 2 N–H and O–H groups in total. The first-order valence-electron chi connectivity index (χ1n) is 13.5. The molecule has 5 aromatic rings. The molecule has 9 nitrogen and oxygen atoms in total. The lowest BCUT2D eigenvalue weighted by Crippen LogP contribution is -2.46. The van der Waals surface area contributed by atoms with Crippen LogP contribution in [0.2, 0.25) is 0 Å². The van der Waals surface area contributed by atoms with Gasteiger partial charge < -0.3 is 15.2 Å². The van der Waals surface area contributed by atoms with Crippen molar-refractivity contribution >= 4 is 43.4 Å². The zero-order valence-electron chi connectivity index (χ0n) is 22.7. The number of amides is 1. The molecule has 7 rings (SSSR count). The topological polar surface area (TPSA) is 113 Å². The van der Waals surface area contributed by atoms with Crippen LogP contribution >= 0.6 is 0 Å². The summed E-state index contributed by atoms with van der Waals surface area (Å²) in [5.74, 6) is 0.160. The zero-order chi connectivity index (χ0) is 27.8. The van der Waals surface area contributed by atoms with E-state index in [1.54, 1.807) is 30.2 Å². The Kier molecular flexibility index (Phi) is 5.46. The van der Waals surface area contributed by atoms with E-state index in [1.165, 1.54) is 0 Å². The Labute approximate surface area is 232 Å². The summed E-state index contributed by atoms with van der Waals surface area (Å²) in [6.45, 7) is 3.18. The zero-order valence-corrected chi connectivity index (χ0v) is 23.5. The largest absolute Gasteiger partial charge is 0.339 e. The van der Waals surface area contributed by atoms with Crippen molar-refractivity contribution < 1.29 is 13.2 Å². The Bertz CT molecular complexity index is 1930. The normalized spacial score (nSPS) is 16.9. The third kappa shape index (κ3) is 3.42. The number of pyridine rings is 1. The van der Waals surface area contributed by atoms with Crippen molar-refractivity contribution in [3.63, 3.8) is 0 Å². The molecule has 40 heavy (non-hydrogen) atoms. The maximum atomic E-state index is 13.8. The number of carbonyl (C=O) groups is 1. The van der Waals surface area contributed by atoms with E-state index in [-0.39, 0.29) is 11.7 Å². The van der Waals surface area contributed by atoms with Gasteiger partial charge in [0.15, 0.2) is 9.84 Å². The third-order valence-electron chi connectivity index (χ3n) is 8.73. The number of piperidine rings is 1. The highest BCUT2D eigenvalue weighted by molar-refractivity contribution is 7.91. The van der Waals surface area contributed by atoms with Crippen molar-refractivity contribution in [2.24, 2.45) is 7.05 Å². The molecule has 0 aliphatic carbocycles. The van der Waals surface area contributed by atoms with Crippen LogP contribution in [0.25, 0.3) is 44.3 Å². The van der Waals surface area contributed by atoms with Crippen LogP contribution < -0.4 is 10.2 Å². The van der Waals surface area contributed by atoms with E-state index < -0.39 is 15.3 Å². The fourth-order valence-corrected chi connectivity index (χ4v) is 7.44. The summed E-state index contributed by atoms with van der Waals surface area (Å²) in [5.41, 5.74) is 6.60. The average Bonchev–Trinajstić information content (AvgIpc) is 3.61. The lowest BCUT2D eigenvalue weighted by molar-refractivity contribution is -0.123. The van der Waals surface area contributed by atoms with E-state index in [9.17, 15) is 13.2 Å². The number of likely N-dealkylation sites (N-methyl/N-ethyl adjacent to an activating group) is 1. The summed E-state index contributed by atoms with van der Waals surface area (Å²) in [6, 6.07) is 13.3. The SMILES string of the molecule is CCS(=O)(=O)c1ccc(-c2[nH]c3ncc4c(c3c2-c2ccc3c(cnn3C)c2)C2(CCNCC2)C(=O)N4C)cc1. The Morgan fingerprint density at radius 2 is 1.73 bits per heavy atom. The molecule has 3 aromatic heterocycles. The van der Waals surface area contributed by atoms with Crippen LogP contribution in [0.4, 0.5) is 5.69 Å². The minimum atomic E-state index is -3.33. The minimum absolute atomic E-state index is 0.0453. The number of fused-ring (bicyclic) bond motifs is 5. The van der Waals surface area contributed by atoms with E-state index in [1.807, 2.05) is 37.1 Å². The quantitative estimate of drug-likeness (QED) is 0.345. The number of aromatic nitrogens is 4. The van der Waals surface area contributed by atoms with E-state index in [4.69, 9.17) is 4.98 Å². The molecule has 1 saturated heterocycles. The van der Waals surface area contributed by atoms with Crippen LogP contribution in [0.1, 0.15) is 25.3 Å². The molecule has 1 spiro atoms. The van der Waals surface area contributed by atoms with Gasteiger partial charge in [-0.2, -0.15) is 5.10 Å². The third-order valence-corrected chi connectivity index (χ3v) is 10.5. The standard InChI is InChI=1S/C30H30N6O3S/c1-4-40(38,39)21-8-5-18(6-9-21)27-24(19-7-10-22-20(15-19)16-33-36(22)3)25-26-23(17-32-28(25)34-27)35(2)29(37)30(26)11-13-31-14-12-30/h5-10,15-17,31H,4,11-14H2,1-3H3,(H,32,34). The predicted octanol–water partition coefficient (Wildman–Crippen LogP) is 4.17. The van der Waals surface area contributed by atoms with Crippen molar-refractivity contribution in [3.05, 3.63) is 60.4 Å². The van der Waals surface area contributed by atoms with Gasteiger partial charge in [0.1, 0.15) is 5.65 Å². The van der Waals surface area contributed by atoms with Gasteiger partial charge in [-0.05, 0) is 61.3 Å². The van der Waals surface area contributed by atoms with Crippen LogP contribution in [-0.4, -0.2) is 60.0 Å². The molecule has 0 radical (unpaired) electrons.